The fourth-order valence-electron chi connectivity index (χ4n) is 2.19. The molecular formula is C19H22N2O3. The van der Waals surface area contributed by atoms with E-state index in [4.69, 9.17) is 10.5 Å². The molecule has 0 saturated heterocycles. The van der Waals surface area contributed by atoms with E-state index in [1.54, 1.807) is 24.3 Å². The van der Waals surface area contributed by atoms with Crippen LogP contribution < -0.4 is 15.8 Å². The Labute approximate surface area is 141 Å². The summed E-state index contributed by atoms with van der Waals surface area (Å²) >= 11 is 0. The van der Waals surface area contributed by atoms with Crippen molar-refractivity contribution in [3.63, 3.8) is 0 Å². The van der Waals surface area contributed by atoms with Crippen molar-refractivity contribution < 1.29 is 14.3 Å². The first-order chi connectivity index (χ1) is 11.6. The summed E-state index contributed by atoms with van der Waals surface area (Å²) in [5.41, 5.74) is 7.49. The number of nitrogens with one attached hydrogen (secondary N) is 1. The third kappa shape index (κ3) is 5.43. The van der Waals surface area contributed by atoms with E-state index in [1.165, 1.54) is 5.56 Å². The highest BCUT2D eigenvalue weighted by atomic mass is 16.5. The van der Waals surface area contributed by atoms with Crippen molar-refractivity contribution in [3.05, 3.63) is 59.7 Å². The standard InChI is InChI=1S/C19H22N2O3/c1-2-14-5-11-17(12-6-14)24-13-3-4-18(22)21-16-9-7-15(8-10-16)19(20)23/h5-12H,2-4,13H2,1H3,(H2,20,23)(H,21,22). The molecule has 5 heteroatoms. The molecule has 2 amide bonds. The second-order valence-electron chi connectivity index (χ2n) is 5.44. The van der Waals surface area contributed by atoms with Gasteiger partial charge in [0.1, 0.15) is 5.75 Å². The molecule has 2 rings (SSSR count). The summed E-state index contributed by atoms with van der Waals surface area (Å²) in [6.45, 7) is 2.59. The van der Waals surface area contributed by atoms with Gasteiger partial charge in [-0.05, 0) is 54.8 Å². The van der Waals surface area contributed by atoms with Gasteiger partial charge in [0.2, 0.25) is 11.8 Å². The monoisotopic (exact) mass is 326 g/mol. The quantitative estimate of drug-likeness (QED) is 0.731. The largest absolute Gasteiger partial charge is 0.494 e. The fourth-order valence-corrected chi connectivity index (χ4v) is 2.19. The van der Waals surface area contributed by atoms with Gasteiger partial charge >= 0.3 is 0 Å². The van der Waals surface area contributed by atoms with Crippen LogP contribution in [0.25, 0.3) is 0 Å². The van der Waals surface area contributed by atoms with Gasteiger partial charge in [-0.1, -0.05) is 19.1 Å². The van der Waals surface area contributed by atoms with E-state index in [1.807, 2.05) is 24.3 Å². The molecule has 3 N–H and O–H groups in total. The van der Waals surface area contributed by atoms with E-state index < -0.39 is 5.91 Å². The Morgan fingerprint density at radius 3 is 2.29 bits per heavy atom. The molecule has 0 radical (unpaired) electrons. The van der Waals surface area contributed by atoms with Crippen LogP contribution in [0, 0.1) is 0 Å². The Balaban J connectivity index is 1.69. The molecule has 0 aliphatic rings. The van der Waals surface area contributed by atoms with Crippen LogP contribution in [0.2, 0.25) is 0 Å². The second-order valence-corrected chi connectivity index (χ2v) is 5.44. The highest BCUT2D eigenvalue weighted by molar-refractivity contribution is 5.94. The number of hydrogen-bond donors (Lipinski definition) is 2. The smallest absolute Gasteiger partial charge is 0.248 e. The fraction of sp³-hybridized carbons (Fsp3) is 0.263. The van der Waals surface area contributed by atoms with Gasteiger partial charge in [0, 0.05) is 17.7 Å². The van der Waals surface area contributed by atoms with Crippen LogP contribution >= 0.6 is 0 Å². The Morgan fingerprint density at radius 2 is 1.71 bits per heavy atom. The Hall–Kier alpha value is -2.82. The van der Waals surface area contributed by atoms with Crippen LogP contribution in [-0.4, -0.2) is 18.4 Å². The summed E-state index contributed by atoms with van der Waals surface area (Å²) in [6.07, 6.45) is 1.99. The highest BCUT2D eigenvalue weighted by Gasteiger charge is 2.04. The SMILES string of the molecule is CCc1ccc(OCCCC(=O)Nc2ccc(C(N)=O)cc2)cc1. The molecule has 0 atom stereocenters. The lowest BCUT2D eigenvalue weighted by Gasteiger charge is -2.08. The molecular weight excluding hydrogens is 304 g/mol. The zero-order valence-electron chi connectivity index (χ0n) is 13.7. The molecule has 2 aromatic carbocycles. The van der Waals surface area contributed by atoms with Crippen molar-refractivity contribution >= 4 is 17.5 Å². The van der Waals surface area contributed by atoms with Crippen molar-refractivity contribution in [1.82, 2.24) is 0 Å². The Kier molecular flexibility index (Phi) is 6.37. The van der Waals surface area contributed by atoms with Crippen LogP contribution in [0.1, 0.15) is 35.7 Å². The number of carbonyl (C=O) groups is 2. The summed E-state index contributed by atoms with van der Waals surface area (Å²) in [5.74, 6) is 0.235. The molecule has 0 unspecified atom stereocenters. The van der Waals surface area contributed by atoms with Gasteiger partial charge in [-0.25, -0.2) is 0 Å². The minimum absolute atomic E-state index is 0.0910. The molecule has 24 heavy (non-hydrogen) atoms. The van der Waals surface area contributed by atoms with Crippen molar-refractivity contribution in [2.45, 2.75) is 26.2 Å². The van der Waals surface area contributed by atoms with Crippen molar-refractivity contribution in [2.75, 3.05) is 11.9 Å². The second kappa shape index (κ2) is 8.72. The van der Waals surface area contributed by atoms with E-state index in [9.17, 15) is 9.59 Å². The van der Waals surface area contributed by atoms with Crippen molar-refractivity contribution in [1.29, 1.82) is 0 Å². The average molecular weight is 326 g/mol. The Morgan fingerprint density at radius 1 is 1.04 bits per heavy atom. The van der Waals surface area contributed by atoms with Gasteiger partial charge in [-0.2, -0.15) is 0 Å². The molecule has 5 nitrogen and oxygen atoms in total. The number of benzene rings is 2. The normalized spacial score (nSPS) is 10.2. The molecule has 0 aliphatic heterocycles. The molecule has 0 aromatic heterocycles. The number of rotatable bonds is 8. The third-order valence-corrected chi connectivity index (χ3v) is 3.60. The zero-order chi connectivity index (χ0) is 17.4. The van der Waals surface area contributed by atoms with Crippen molar-refractivity contribution in [3.8, 4) is 5.75 Å². The third-order valence-electron chi connectivity index (χ3n) is 3.60. The lowest BCUT2D eigenvalue weighted by molar-refractivity contribution is -0.116. The lowest BCUT2D eigenvalue weighted by atomic mass is 10.2. The summed E-state index contributed by atoms with van der Waals surface area (Å²) in [5, 5.41) is 2.78. The van der Waals surface area contributed by atoms with Crippen LogP contribution in [0.15, 0.2) is 48.5 Å². The number of nitrogens with two attached hydrogens (primary N) is 1. The summed E-state index contributed by atoms with van der Waals surface area (Å²) < 4.78 is 5.62. The zero-order valence-corrected chi connectivity index (χ0v) is 13.7. The summed E-state index contributed by atoms with van der Waals surface area (Å²) in [6, 6.07) is 14.4. The molecule has 2 aromatic rings. The van der Waals surface area contributed by atoms with E-state index in [-0.39, 0.29) is 5.91 Å². The van der Waals surface area contributed by atoms with Crippen molar-refractivity contribution in [2.24, 2.45) is 5.73 Å². The van der Waals surface area contributed by atoms with Crippen LogP contribution in [0.3, 0.4) is 0 Å². The first kappa shape index (κ1) is 17.5. The number of ether oxygens (including phenoxy) is 1. The van der Waals surface area contributed by atoms with Crippen LogP contribution in [0.5, 0.6) is 5.75 Å². The topological polar surface area (TPSA) is 81.4 Å². The maximum Gasteiger partial charge on any atom is 0.248 e. The molecule has 0 bridgehead atoms. The summed E-state index contributed by atoms with van der Waals surface area (Å²) in [7, 11) is 0. The average Bonchev–Trinajstić information content (AvgIpc) is 2.59. The van der Waals surface area contributed by atoms with E-state index in [0.717, 1.165) is 12.2 Å². The minimum Gasteiger partial charge on any atom is -0.494 e. The van der Waals surface area contributed by atoms with Gasteiger partial charge in [0.15, 0.2) is 0 Å². The number of hydrogen-bond acceptors (Lipinski definition) is 3. The molecule has 0 spiro atoms. The predicted octanol–water partition coefficient (Wildman–Crippen LogP) is 3.15. The molecule has 0 saturated carbocycles. The van der Waals surface area contributed by atoms with Gasteiger partial charge in [-0.3, -0.25) is 9.59 Å². The first-order valence-corrected chi connectivity index (χ1v) is 8.00. The minimum atomic E-state index is -0.489. The molecule has 0 aliphatic carbocycles. The number of primary amides is 1. The van der Waals surface area contributed by atoms with Crippen LogP contribution in [-0.2, 0) is 11.2 Å². The molecule has 0 fully saturated rings. The Bertz CT molecular complexity index is 679. The maximum absolute atomic E-state index is 11.9. The van der Waals surface area contributed by atoms with Gasteiger partial charge < -0.3 is 15.8 Å². The predicted molar refractivity (Wildman–Crippen MR) is 94.1 cm³/mol. The van der Waals surface area contributed by atoms with Gasteiger partial charge in [0.25, 0.3) is 0 Å². The summed E-state index contributed by atoms with van der Waals surface area (Å²) in [4.78, 5) is 22.9. The number of anilines is 1. The van der Waals surface area contributed by atoms with Gasteiger partial charge in [-0.15, -0.1) is 0 Å². The number of aryl methyl sites for hydroxylation is 1. The molecule has 126 valence electrons. The van der Waals surface area contributed by atoms with E-state index >= 15 is 0 Å². The first-order valence-electron chi connectivity index (χ1n) is 8.00. The van der Waals surface area contributed by atoms with Gasteiger partial charge in [0.05, 0.1) is 6.61 Å². The number of carbonyl (C=O) groups excluding carboxylic acids is 2. The van der Waals surface area contributed by atoms with Crippen LogP contribution in [0.4, 0.5) is 5.69 Å². The lowest BCUT2D eigenvalue weighted by Crippen LogP contribution is -2.14. The maximum atomic E-state index is 11.9. The molecule has 0 heterocycles. The van der Waals surface area contributed by atoms with E-state index in [0.29, 0.717) is 30.7 Å². The van der Waals surface area contributed by atoms with E-state index in [2.05, 4.69) is 12.2 Å². The highest BCUT2D eigenvalue weighted by Crippen LogP contribution is 2.13. The number of amides is 2.